The molecule has 0 atom stereocenters. The molecule has 0 bridgehead atoms. The summed E-state index contributed by atoms with van der Waals surface area (Å²) in [7, 11) is 1.50. The quantitative estimate of drug-likeness (QED) is 0.468. The zero-order chi connectivity index (χ0) is 10.7. The lowest BCUT2D eigenvalue weighted by molar-refractivity contribution is -0.384. The number of carbonyl (C=O) groups is 1. The summed E-state index contributed by atoms with van der Waals surface area (Å²) in [5, 5.41) is 12.3. The molecule has 6 nitrogen and oxygen atoms in total. The van der Waals surface area contributed by atoms with Crippen LogP contribution in [-0.2, 0) is 0 Å². The predicted octanol–water partition coefficient (Wildman–Crippen LogP) is 1.41. The fourth-order valence-corrected chi connectivity index (χ4v) is 0.996. The van der Waals surface area contributed by atoms with Crippen LogP contribution in [0.4, 0.5) is 11.5 Å². The number of rotatable bonds is 3. The van der Waals surface area contributed by atoms with Gasteiger partial charge in [0.25, 0.3) is 5.24 Å². The van der Waals surface area contributed by atoms with E-state index in [0.29, 0.717) is 0 Å². The maximum Gasteiger partial charge on any atom is 0.312 e. The van der Waals surface area contributed by atoms with Crippen LogP contribution in [0.5, 0.6) is 0 Å². The monoisotopic (exact) mass is 215 g/mol. The lowest BCUT2D eigenvalue weighted by atomic mass is 10.3. The maximum absolute atomic E-state index is 10.7. The van der Waals surface area contributed by atoms with E-state index in [1.807, 2.05) is 0 Å². The molecule has 0 unspecified atom stereocenters. The molecule has 14 heavy (non-hydrogen) atoms. The number of nitrogens with zero attached hydrogens (tertiary/aromatic N) is 2. The Morgan fingerprint density at radius 1 is 1.71 bits per heavy atom. The fraction of sp³-hybridized carbons (Fsp3) is 0.143. The standard InChI is InChI=1S/C7H6ClN3O3/c1-9-7-5(11(13)14)2-4(3-10-7)6(8)12/h2-3H,1H3,(H,9,10). The summed E-state index contributed by atoms with van der Waals surface area (Å²) in [6.07, 6.45) is 1.17. The molecule has 0 aliphatic heterocycles. The van der Waals surface area contributed by atoms with Gasteiger partial charge in [0.2, 0.25) is 5.82 Å². The summed E-state index contributed by atoms with van der Waals surface area (Å²) in [5.74, 6) is 0.0941. The molecular formula is C7H6ClN3O3. The van der Waals surface area contributed by atoms with Gasteiger partial charge in [0, 0.05) is 19.3 Å². The van der Waals surface area contributed by atoms with Crippen molar-refractivity contribution >= 4 is 28.3 Å². The highest BCUT2D eigenvalue weighted by Crippen LogP contribution is 2.22. The number of carbonyl (C=O) groups excluding carboxylic acids is 1. The highest BCUT2D eigenvalue weighted by molar-refractivity contribution is 6.67. The Morgan fingerprint density at radius 3 is 2.79 bits per heavy atom. The van der Waals surface area contributed by atoms with Crippen molar-refractivity contribution in [3.63, 3.8) is 0 Å². The number of anilines is 1. The van der Waals surface area contributed by atoms with Gasteiger partial charge in [0.05, 0.1) is 10.5 Å². The average molecular weight is 216 g/mol. The summed E-state index contributed by atoms with van der Waals surface area (Å²) >= 11 is 5.15. The maximum atomic E-state index is 10.7. The van der Waals surface area contributed by atoms with Crippen molar-refractivity contribution in [1.82, 2.24) is 4.98 Å². The third-order valence-corrected chi connectivity index (χ3v) is 1.75. The van der Waals surface area contributed by atoms with Crippen LogP contribution in [0.2, 0.25) is 0 Å². The van der Waals surface area contributed by atoms with Crippen LogP contribution in [0.3, 0.4) is 0 Å². The molecule has 1 aromatic heterocycles. The smallest absolute Gasteiger partial charge is 0.312 e. The van der Waals surface area contributed by atoms with Gasteiger partial charge in [0.15, 0.2) is 0 Å². The van der Waals surface area contributed by atoms with Gasteiger partial charge in [-0.1, -0.05) is 0 Å². The summed E-state index contributed by atoms with van der Waals surface area (Å²) in [6.45, 7) is 0. The van der Waals surface area contributed by atoms with Crippen molar-refractivity contribution < 1.29 is 9.72 Å². The van der Waals surface area contributed by atoms with E-state index in [2.05, 4.69) is 10.3 Å². The lowest BCUT2D eigenvalue weighted by Gasteiger charge is -2.00. The third-order valence-electron chi connectivity index (χ3n) is 1.53. The highest BCUT2D eigenvalue weighted by atomic mass is 35.5. The Hall–Kier alpha value is -1.69. The largest absolute Gasteiger partial charge is 0.367 e. The first-order chi connectivity index (χ1) is 6.56. The molecule has 0 fully saturated rings. The molecule has 0 spiro atoms. The number of nitro groups is 1. The van der Waals surface area contributed by atoms with Crippen molar-refractivity contribution in [2.45, 2.75) is 0 Å². The van der Waals surface area contributed by atoms with Crippen LogP contribution in [0.15, 0.2) is 12.3 Å². The number of pyridine rings is 1. The van der Waals surface area contributed by atoms with Crippen LogP contribution >= 0.6 is 11.6 Å². The van der Waals surface area contributed by atoms with E-state index in [9.17, 15) is 14.9 Å². The number of nitrogens with one attached hydrogen (secondary N) is 1. The van der Waals surface area contributed by atoms with Crippen molar-refractivity contribution in [1.29, 1.82) is 0 Å². The number of halogens is 1. The highest BCUT2D eigenvalue weighted by Gasteiger charge is 2.16. The van der Waals surface area contributed by atoms with E-state index >= 15 is 0 Å². The molecule has 74 valence electrons. The van der Waals surface area contributed by atoms with E-state index in [4.69, 9.17) is 11.6 Å². The molecular weight excluding hydrogens is 210 g/mol. The Labute approximate surface area is 84.0 Å². The second kappa shape index (κ2) is 4.01. The molecule has 0 saturated carbocycles. The molecule has 1 N–H and O–H groups in total. The molecule has 0 amide bonds. The van der Waals surface area contributed by atoms with Crippen LogP contribution < -0.4 is 5.32 Å². The van der Waals surface area contributed by atoms with E-state index in [1.54, 1.807) is 0 Å². The normalized spacial score (nSPS) is 9.57. The van der Waals surface area contributed by atoms with Gasteiger partial charge in [-0.05, 0) is 11.6 Å². The minimum atomic E-state index is -0.775. The van der Waals surface area contributed by atoms with Gasteiger partial charge in [-0.15, -0.1) is 0 Å². The van der Waals surface area contributed by atoms with Gasteiger partial charge in [-0.25, -0.2) is 4.98 Å². The summed E-state index contributed by atoms with van der Waals surface area (Å²) < 4.78 is 0. The van der Waals surface area contributed by atoms with Gasteiger partial charge in [-0.2, -0.15) is 0 Å². The van der Waals surface area contributed by atoms with E-state index < -0.39 is 10.2 Å². The third kappa shape index (κ3) is 1.97. The zero-order valence-electron chi connectivity index (χ0n) is 7.15. The molecule has 0 saturated heterocycles. The second-order valence-corrected chi connectivity index (χ2v) is 2.72. The van der Waals surface area contributed by atoms with Gasteiger partial charge < -0.3 is 5.32 Å². The second-order valence-electron chi connectivity index (χ2n) is 2.37. The van der Waals surface area contributed by atoms with E-state index in [-0.39, 0.29) is 17.1 Å². The topological polar surface area (TPSA) is 85.1 Å². The molecule has 0 aliphatic carbocycles. The van der Waals surface area contributed by atoms with Crippen molar-refractivity contribution in [2.24, 2.45) is 0 Å². The van der Waals surface area contributed by atoms with Gasteiger partial charge >= 0.3 is 5.69 Å². The first-order valence-corrected chi connectivity index (χ1v) is 3.96. The number of hydrogen-bond acceptors (Lipinski definition) is 5. The van der Waals surface area contributed by atoms with Gasteiger partial charge in [-0.3, -0.25) is 14.9 Å². The van der Waals surface area contributed by atoms with Crippen LogP contribution in [0.1, 0.15) is 10.4 Å². The Kier molecular flexibility index (Phi) is 2.98. The molecule has 0 aromatic carbocycles. The van der Waals surface area contributed by atoms with E-state index in [0.717, 1.165) is 6.07 Å². The van der Waals surface area contributed by atoms with Gasteiger partial charge in [0.1, 0.15) is 0 Å². The minimum Gasteiger partial charge on any atom is -0.367 e. The minimum absolute atomic E-state index is 0.00244. The van der Waals surface area contributed by atoms with Crippen LogP contribution in [0, 0.1) is 10.1 Å². The first kappa shape index (κ1) is 10.4. The first-order valence-electron chi connectivity index (χ1n) is 3.58. The molecule has 1 heterocycles. The molecule has 1 rings (SSSR count). The average Bonchev–Trinajstić information content (AvgIpc) is 2.16. The lowest BCUT2D eigenvalue weighted by Crippen LogP contribution is -2.01. The molecule has 1 aromatic rings. The summed E-state index contributed by atoms with van der Waals surface area (Å²) in [4.78, 5) is 24.3. The zero-order valence-corrected chi connectivity index (χ0v) is 7.91. The molecule has 0 radical (unpaired) electrons. The Bertz CT molecular complexity index is 394. The van der Waals surface area contributed by atoms with Crippen LogP contribution in [0.25, 0.3) is 0 Å². The Morgan fingerprint density at radius 2 is 2.36 bits per heavy atom. The van der Waals surface area contributed by atoms with Crippen LogP contribution in [-0.4, -0.2) is 22.2 Å². The Balaban J connectivity index is 3.27. The summed E-state index contributed by atoms with van der Waals surface area (Å²) in [6, 6.07) is 1.08. The molecule has 0 aliphatic rings. The van der Waals surface area contributed by atoms with Crippen molar-refractivity contribution in [3.05, 3.63) is 27.9 Å². The number of aromatic nitrogens is 1. The SMILES string of the molecule is CNc1ncc(C(=O)Cl)cc1[N+](=O)[O-]. The molecule has 7 heteroatoms. The number of hydrogen-bond donors (Lipinski definition) is 1. The van der Waals surface area contributed by atoms with E-state index in [1.165, 1.54) is 13.2 Å². The fourth-order valence-electron chi connectivity index (χ4n) is 0.892. The predicted molar refractivity (Wildman–Crippen MR) is 50.6 cm³/mol. The van der Waals surface area contributed by atoms with Crippen molar-refractivity contribution in [3.8, 4) is 0 Å². The van der Waals surface area contributed by atoms with Crippen molar-refractivity contribution in [2.75, 3.05) is 12.4 Å². The summed E-state index contributed by atoms with van der Waals surface area (Å²) in [5.41, 5.74) is -0.281.